The van der Waals surface area contributed by atoms with Crippen molar-refractivity contribution in [3.05, 3.63) is 22.2 Å². The minimum atomic E-state index is -0.378. The van der Waals surface area contributed by atoms with Crippen LogP contribution in [-0.4, -0.2) is 17.6 Å². The van der Waals surface area contributed by atoms with E-state index in [1.54, 1.807) is 6.92 Å². The standard InChI is InChI=1S/C13H14Br2O4/c1-3-12(16)19-13(7(2)14)8-4-10-11(5-9(8)15)18-6-17-10/h4-5,7,13H,3,6H2,1-2H3/t7-,13-/m1/s1. The Bertz CT molecular complexity index is 488. The van der Waals surface area contributed by atoms with Crippen molar-refractivity contribution in [3.63, 3.8) is 0 Å². The van der Waals surface area contributed by atoms with Gasteiger partial charge in [-0.1, -0.05) is 38.8 Å². The molecule has 1 aromatic rings. The molecule has 2 atom stereocenters. The lowest BCUT2D eigenvalue weighted by molar-refractivity contribution is -0.148. The molecule has 1 heterocycles. The fraction of sp³-hybridized carbons (Fsp3) is 0.462. The zero-order chi connectivity index (χ0) is 14.0. The van der Waals surface area contributed by atoms with Gasteiger partial charge < -0.3 is 14.2 Å². The summed E-state index contributed by atoms with van der Waals surface area (Å²) in [5.41, 5.74) is 0.857. The highest BCUT2D eigenvalue weighted by atomic mass is 79.9. The maximum Gasteiger partial charge on any atom is 0.306 e. The van der Waals surface area contributed by atoms with E-state index in [2.05, 4.69) is 31.9 Å². The Balaban J connectivity index is 2.34. The van der Waals surface area contributed by atoms with Crippen molar-refractivity contribution in [1.82, 2.24) is 0 Å². The van der Waals surface area contributed by atoms with Gasteiger partial charge in [0, 0.05) is 16.5 Å². The van der Waals surface area contributed by atoms with Crippen LogP contribution in [0.25, 0.3) is 0 Å². The van der Waals surface area contributed by atoms with Gasteiger partial charge in [0.1, 0.15) is 6.10 Å². The van der Waals surface area contributed by atoms with Crippen molar-refractivity contribution in [3.8, 4) is 11.5 Å². The molecule has 4 nitrogen and oxygen atoms in total. The van der Waals surface area contributed by atoms with E-state index in [1.165, 1.54) is 0 Å². The molecule has 1 aliphatic heterocycles. The van der Waals surface area contributed by atoms with E-state index in [1.807, 2.05) is 19.1 Å². The average molecular weight is 394 g/mol. The molecule has 19 heavy (non-hydrogen) atoms. The summed E-state index contributed by atoms with van der Waals surface area (Å²) >= 11 is 6.96. The smallest absolute Gasteiger partial charge is 0.306 e. The summed E-state index contributed by atoms with van der Waals surface area (Å²) in [5.74, 6) is 1.13. The first-order valence-electron chi connectivity index (χ1n) is 5.95. The summed E-state index contributed by atoms with van der Waals surface area (Å²) in [7, 11) is 0. The van der Waals surface area contributed by atoms with Crippen LogP contribution >= 0.6 is 31.9 Å². The van der Waals surface area contributed by atoms with Gasteiger partial charge in [-0.2, -0.15) is 0 Å². The van der Waals surface area contributed by atoms with E-state index in [9.17, 15) is 4.79 Å². The van der Waals surface area contributed by atoms with Gasteiger partial charge in [-0.3, -0.25) is 4.79 Å². The lowest BCUT2D eigenvalue weighted by Crippen LogP contribution is -2.17. The van der Waals surface area contributed by atoms with Crippen LogP contribution in [0.2, 0.25) is 0 Å². The van der Waals surface area contributed by atoms with E-state index in [0.717, 1.165) is 10.0 Å². The summed E-state index contributed by atoms with van der Waals surface area (Å²) in [6.45, 7) is 3.92. The third-order valence-corrected chi connectivity index (χ3v) is 3.93. The Morgan fingerprint density at radius 2 is 2.05 bits per heavy atom. The van der Waals surface area contributed by atoms with E-state index >= 15 is 0 Å². The largest absolute Gasteiger partial charge is 0.456 e. The number of ether oxygens (including phenoxy) is 3. The zero-order valence-electron chi connectivity index (χ0n) is 10.6. The number of carbonyl (C=O) groups is 1. The van der Waals surface area contributed by atoms with Crippen molar-refractivity contribution in [2.24, 2.45) is 0 Å². The highest BCUT2D eigenvalue weighted by Crippen LogP contribution is 2.41. The first kappa shape index (κ1) is 14.7. The molecule has 2 rings (SSSR count). The van der Waals surface area contributed by atoms with Crippen molar-refractivity contribution >= 4 is 37.8 Å². The van der Waals surface area contributed by atoms with Crippen molar-refractivity contribution in [2.75, 3.05) is 6.79 Å². The third-order valence-electron chi connectivity index (χ3n) is 2.76. The summed E-state index contributed by atoms with van der Waals surface area (Å²) in [4.78, 5) is 11.5. The van der Waals surface area contributed by atoms with Crippen LogP contribution in [0.5, 0.6) is 11.5 Å². The molecule has 0 spiro atoms. The van der Waals surface area contributed by atoms with Crippen LogP contribution < -0.4 is 9.47 Å². The molecule has 1 aromatic carbocycles. The maximum atomic E-state index is 11.5. The van der Waals surface area contributed by atoms with Crippen LogP contribution in [0.3, 0.4) is 0 Å². The van der Waals surface area contributed by atoms with Gasteiger partial charge in [0.25, 0.3) is 0 Å². The second-order valence-electron chi connectivity index (χ2n) is 4.17. The molecule has 0 aromatic heterocycles. The minimum Gasteiger partial charge on any atom is -0.456 e. The number of halogens is 2. The van der Waals surface area contributed by atoms with Crippen molar-refractivity contribution < 1.29 is 19.0 Å². The second-order valence-corrected chi connectivity index (χ2v) is 6.47. The van der Waals surface area contributed by atoms with Crippen LogP contribution in [0.1, 0.15) is 31.9 Å². The first-order valence-corrected chi connectivity index (χ1v) is 7.66. The second kappa shape index (κ2) is 6.13. The highest BCUT2D eigenvalue weighted by molar-refractivity contribution is 9.10. The van der Waals surface area contributed by atoms with Crippen LogP contribution in [-0.2, 0) is 9.53 Å². The van der Waals surface area contributed by atoms with Gasteiger partial charge in [0.15, 0.2) is 11.5 Å². The van der Waals surface area contributed by atoms with Gasteiger partial charge in [0.05, 0.1) is 4.83 Å². The van der Waals surface area contributed by atoms with E-state index in [0.29, 0.717) is 17.9 Å². The zero-order valence-corrected chi connectivity index (χ0v) is 13.8. The Hall–Kier alpha value is -0.750. The van der Waals surface area contributed by atoms with Gasteiger partial charge >= 0.3 is 5.97 Å². The van der Waals surface area contributed by atoms with E-state index in [-0.39, 0.29) is 23.7 Å². The normalized spacial score (nSPS) is 16.0. The van der Waals surface area contributed by atoms with Crippen LogP contribution in [0.15, 0.2) is 16.6 Å². The Labute approximate surface area is 128 Å². The summed E-state index contributed by atoms with van der Waals surface area (Å²) in [5, 5.41) is 0. The lowest BCUT2D eigenvalue weighted by Gasteiger charge is -2.22. The molecule has 0 radical (unpaired) electrons. The molecule has 6 heteroatoms. The van der Waals surface area contributed by atoms with Gasteiger partial charge in [-0.15, -0.1) is 0 Å². The molecule has 0 saturated heterocycles. The molecule has 1 aliphatic rings. The van der Waals surface area contributed by atoms with Crippen molar-refractivity contribution in [1.29, 1.82) is 0 Å². The average Bonchev–Trinajstić information content (AvgIpc) is 2.81. The summed E-state index contributed by atoms with van der Waals surface area (Å²) in [6.07, 6.45) is -0.0328. The number of benzene rings is 1. The number of alkyl halides is 1. The molecular formula is C13H14Br2O4. The molecule has 0 bridgehead atoms. The third kappa shape index (κ3) is 3.23. The number of fused-ring (bicyclic) bond motifs is 1. The molecular weight excluding hydrogens is 380 g/mol. The molecule has 0 unspecified atom stereocenters. The Kier molecular flexibility index (Phi) is 4.73. The topological polar surface area (TPSA) is 44.8 Å². The van der Waals surface area contributed by atoms with E-state index < -0.39 is 0 Å². The fourth-order valence-corrected chi connectivity index (χ4v) is 2.72. The highest BCUT2D eigenvalue weighted by Gasteiger charge is 2.26. The molecule has 0 amide bonds. The quantitative estimate of drug-likeness (QED) is 0.573. The van der Waals surface area contributed by atoms with Crippen LogP contribution in [0, 0.1) is 0 Å². The predicted molar refractivity (Wildman–Crippen MR) is 77.8 cm³/mol. The number of hydrogen-bond acceptors (Lipinski definition) is 4. The minimum absolute atomic E-state index is 0.0142. The molecule has 0 saturated carbocycles. The van der Waals surface area contributed by atoms with Gasteiger partial charge in [-0.25, -0.2) is 0 Å². The fourth-order valence-electron chi connectivity index (χ4n) is 1.78. The first-order chi connectivity index (χ1) is 9.02. The van der Waals surface area contributed by atoms with Gasteiger partial charge in [0.2, 0.25) is 6.79 Å². The Morgan fingerprint density at radius 1 is 1.42 bits per heavy atom. The van der Waals surface area contributed by atoms with Crippen molar-refractivity contribution in [2.45, 2.75) is 31.2 Å². The monoisotopic (exact) mass is 392 g/mol. The molecule has 0 fully saturated rings. The summed E-state index contributed by atoms with van der Waals surface area (Å²) < 4.78 is 17.0. The number of rotatable bonds is 4. The number of esters is 1. The predicted octanol–water partition coefficient (Wildman–Crippen LogP) is 3.96. The molecule has 0 N–H and O–H groups in total. The SMILES string of the molecule is CCC(=O)O[C@@H](c1cc2c(cc1Br)OCO2)[C@@H](C)Br. The number of hydrogen-bond donors (Lipinski definition) is 0. The van der Waals surface area contributed by atoms with E-state index in [4.69, 9.17) is 14.2 Å². The maximum absolute atomic E-state index is 11.5. The van der Waals surface area contributed by atoms with Crippen LogP contribution in [0.4, 0.5) is 0 Å². The Morgan fingerprint density at radius 3 is 2.63 bits per heavy atom. The summed E-state index contributed by atoms with van der Waals surface area (Å²) in [6, 6.07) is 3.68. The van der Waals surface area contributed by atoms with Gasteiger partial charge in [-0.05, 0) is 19.1 Å². The number of carbonyl (C=O) groups excluding carboxylic acids is 1. The lowest BCUT2D eigenvalue weighted by atomic mass is 10.1. The molecule has 104 valence electrons. The molecule has 0 aliphatic carbocycles.